The van der Waals surface area contributed by atoms with Crippen LogP contribution in [0.2, 0.25) is 0 Å². The molecular formula is C18H22N2O2. The van der Waals surface area contributed by atoms with Crippen molar-refractivity contribution in [2.45, 2.75) is 19.8 Å². The molecule has 116 valence electrons. The molecule has 0 saturated carbocycles. The Bertz CT molecular complexity index is 626. The number of carbonyl (C=O) groups is 1. The third-order valence-electron chi connectivity index (χ3n) is 4.20. The fraction of sp³-hybridized carbons (Fsp3) is 0.389. The summed E-state index contributed by atoms with van der Waals surface area (Å²) in [6.07, 6.45) is 1.54. The Labute approximate surface area is 131 Å². The minimum atomic E-state index is -0.0122. The van der Waals surface area contributed by atoms with Gasteiger partial charge < -0.3 is 14.2 Å². The van der Waals surface area contributed by atoms with E-state index in [1.54, 1.807) is 18.4 Å². The maximum Gasteiger partial charge on any atom is 0.289 e. The summed E-state index contributed by atoms with van der Waals surface area (Å²) in [5.74, 6) is 0.914. The molecule has 3 rings (SSSR count). The predicted molar refractivity (Wildman–Crippen MR) is 87.4 cm³/mol. The summed E-state index contributed by atoms with van der Waals surface area (Å²) in [6, 6.07) is 12.0. The molecule has 22 heavy (non-hydrogen) atoms. The number of anilines is 1. The lowest BCUT2D eigenvalue weighted by molar-refractivity contribution is 0.0714. The molecule has 1 aromatic heterocycles. The first-order chi connectivity index (χ1) is 10.7. The van der Waals surface area contributed by atoms with E-state index in [0.29, 0.717) is 11.7 Å². The summed E-state index contributed by atoms with van der Waals surface area (Å²) in [4.78, 5) is 16.5. The van der Waals surface area contributed by atoms with Crippen molar-refractivity contribution in [2.24, 2.45) is 0 Å². The second-order valence-electron chi connectivity index (χ2n) is 5.97. The van der Waals surface area contributed by atoms with Crippen molar-refractivity contribution in [3.8, 4) is 0 Å². The van der Waals surface area contributed by atoms with E-state index in [4.69, 9.17) is 4.42 Å². The van der Waals surface area contributed by atoms with Crippen molar-refractivity contribution in [1.82, 2.24) is 4.90 Å². The zero-order chi connectivity index (χ0) is 15.5. The number of rotatable bonds is 3. The van der Waals surface area contributed by atoms with Gasteiger partial charge in [0.15, 0.2) is 5.76 Å². The van der Waals surface area contributed by atoms with Crippen molar-refractivity contribution in [3.05, 3.63) is 54.0 Å². The quantitative estimate of drug-likeness (QED) is 0.872. The van der Waals surface area contributed by atoms with Gasteiger partial charge in [0.1, 0.15) is 0 Å². The van der Waals surface area contributed by atoms with Crippen LogP contribution in [0.25, 0.3) is 0 Å². The second-order valence-corrected chi connectivity index (χ2v) is 5.97. The standard InChI is InChI=1S/C18H22N2O2/c1-14(2)15-6-3-4-7-16(15)19-9-11-20(12-10-19)18(21)17-8-5-13-22-17/h3-8,13-14H,9-12H2,1-2H3. The second kappa shape index (κ2) is 6.26. The van der Waals surface area contributed by atoms with Crippen molar-refractivity contribution >= 4 is 11.6 Å². The van der Waals surface area contributed by atoms with Gasteiger partial charge in [0.25, 0.3) is 5.91 Å². The summed E-state index contributed by atoms with van der Waals surface area (Å²) in [7, 11) is 0. The summed E-state index contributed by atoms with van der Waals surface area (Å²) >= 11 is 0. The minimum Gasteiger partial charge on any atom is -0.459 e. The fourth-order valence-corrected chi connectivity index (χ4v) is 2.97. The number of hydrogen-bond acceptors (Lipinski definition) is 3. The average molecular weight is 298 g/mol. The lowest BCUT2D eigenvalue weighted by Gasteiger charge is -2.37. The molecule has 1 aliphatic rings. The Kier molecular flexibility index (Phi) is 4.18. The highest BCUT2D eigenvalue weighted by molar-refractivity contribution is 5.91. The van der Waals surface area contributed by atoms with E-state index in [0.717, 1.165) is 26.2 Å². The van der Waals surface area contributed by atoms with Crippen LogP contribution in [0.1, 0.15) is 35.9 Å². The first-order valence-electron chi connectivity index (χ1n) is 7.83. The molecule has 0 N–H and O–H groups in total. The molecule has 2 aromatic rings. The minimum absolute atomic E-state index is 0.0122. The zero-order valence-electron chi connectivity index (χ0n) is 13.2. The molecule has 0 aliphatic carbocycles. The molecule has 0 unspecified atom stereocenters. The number of amides is 1. The number of carbonyl (C=O) groups excluding carboxylic acids is 1. The van der Waals surface area contributed by atoms with Crippen LogP contribution in [0.3, 0.4) is 0 Å². The third-order valence-corrected chi connectivity index (χ3v) is 4.20. The van der Waals surface area contributed by atoms with Gasteiger partial charge in [-0.1, -0.05) is 32.0 Å². The molecule has 0 spiro atoms. The van der Waals surface area contributed by atoms with Crippen molar-refractivity contribution < 1.29 is 9.21 Å². The summed E-state index contributed by atoms with van der Waals surface area (Å²) < 4.78 is 5.21. The monoisotopic (exact) mass is 298 g/mol. The van der Waals surface area contributed by atoms with E-state index in [1.165, 1.54) is 11.3 Å². The van der Waals surface area contributed by atoms with Crippen molar-refractivity contribution in [2.75, 3.05) is 31.1 Å². The smallest absolute Gasteiger partial charge is 0.289 e. The highest BCUT2D eigenvalue weighted by Gasteiger charge is 2.24. The van der Waals surface area contributed by atoms with E-state index in [9.17, 15) is 4.79 Å². The molecule has 1 aliphatic heterocycles. The van der Waals surface area contributed by atoms with Gasteiger partial charge in [-0.15, -0.1) is 0 Å². The lowest BCUT2D eigenvalue weighted by Crippen LogP contribution is -2.49. The van der Waals surface area contributed by atoms with Crippen LogP contribution in [0.4, 0.5) is 5.69 Å². The molecule has 1 saturated heterocycles. The Balaban J connectivity index is 1.69. The van der Waals surface area contributed by atoms with Gasteiger partial charge in [0.05, 0.1) is 6.26 Å². The average Bonchev–Trinajstić information content (AvgIpc) is 3.09. The van der Waals surface area contributed by atoms with Gasteiger partial charge in [-0.05, 0) is 29.7 Å². The molecular weight excluding hydrogens is 276 g/mol. The van der Waals surface area contributed by atoms with Gasteiger partial charge in [0, 0.05) is 31.9 Å². The topological polar surface area (TPSA) is 36.7 Å². The number of para-hydroxylation sites is 1. The van der Waals surface area contributed by atoms with Crippen molar-refractivity contribution in [1.29, 1.82) is 0 Å². The van der Waals surface area contributed by atoms with Gasteiger partial charge in [-0.3, -0.25) is 4.79 Å². The number of nitrogens with zero attached hydrogens (tertiary/aromatic N) is 2. The Morgan fingerprint density at radius 2 is 1.77 bits per heavy atom. The summed E-state index contributed by atoms with van der Waals surface area (Å²) in [5, 5.41) is 0. The van der Waals surface area contributed by atoms with Crippen LogP contribution in [0.5, 0.6) is 0 Å². The van der Waals surface area contributed by atoms with Crippen LogP contribution in [0, 0.1) is 0 Å². The molecule has 4 heteroatoms. The molecule has 1 aromatic carbocycles. The van der Waals surface area contributed by atoms with E-state index < -0.39 is 0 Å². The Morgan fingerprint density at radius 3 is 2.41 bits per heavy atom. The van der Waals surface area contributed by atoms with Crippen LogP contribution in [-0.4, -0.2) is 37.0 Å². The zero-order valence-corrected chi connectivity index (χ0v) is 13.2. The van der Waals surface area contributed by atoms with E-state index in [-0.39, 0.29) is 5.91 Å². The number of hydrogen-bond donors (Lipinski definition) is 0. The SMILES string of the molecule is CC(C)c1ccccc1N1CCN(C(=O)c2ccco2)CC1. The summed E-state index contributed by atoms with van der Waals surface area (Å²) in [6.45, 7) is 7.61. The van der Waals surface area contributed by atoms with Gasteiger partial charge >= 0.3 is 0 Å². The molecule has 1 amide bonds. The molecule has 0 radical (unpaired) electrons. The lowest BCUT2D eigenvalue weighted by atomic mass is 10.00. The molecule has 4 nitrogen and oxygen atoms in total. The number of piperazine rings is 1. The summed E-state index contributed by atoms with van der Waals surface area (Å²) in [5.41, 5.74) is 2.66. The number of benzene rings is 1. The van der Waals surface area contributed by atoms with Crippen molar-refractivity contribution in [3.63, 3.8) is 0 Å². The molecule has 2 heterocycles. The maximum absolute atomic E-state index is 12.3. The van der Waals surface area contributed by atoms with Crippen LogP contribution >= 0.6 is 0 Å². The van der Waals surface area contributed by atoms with Gasteiger partial charge in [-0.2, -0.15) is 0 Å². The van der Waals surface area contributed by atoms with Gasteiger partial charge in [0.2, 0.25) is 0 Å². The molecule has 0 atom stereocenters. The largest absolute Gasteiger partial charge is 0.459 e. The highest BCUT2D eigenvalue weighted by atomic mass is 16.3. The van der Waals surface area contributed by atoms with E-state index >= 15 is 0 Å². The van der Waals surface area contributed by atoms with Crippen LogP contribution in [0.15, 0.2) is 47.1 Å². The third kappa shape index (κ3) is 2.86. The first kappa shape index (κ1) is 14.7. The van der Waals surface area contributed by atoms with Crippen LogP contribution in [-0.2, 0) is 0 Å². The highest BCUT2D eigenvalue weighted by Crippen LogP contribution is 2.28. The molecule has 1 fully saturated rings. The Hall–Kier alpha value is -2.23. The normalized spacial score (nSPS) is 15.4. The maximum atomic E-state index is 12.3. The fourth-order valence-electron chi connectivity index (χ4n) is 2.97. The van der Waals surface area contributed by atoms with E-state index in [2.05, 4.69) is 43.0 Å². The first-order valence-corrected chi connectivity index (χ1v) is 7.83. The van der Waals surface area contributed by atoms with E-state index in [1.807, 2.05) is 4.90 Å². The van der Waals surface area contributed by atoms with Crippen LogP contribution < -0.4 is 4.90 Å². The molecule has 0 bridgehead atoms. The Morgan fingerprint density at radius 1 is 1.05 bits per heavy atom. The predicted octanol–water partition coefficient (Wildman–Crippen LogP) is 3.37. The number of furan rings is 1. The van der Waals surface area contributed by atoms with Gasteiger partial charge in [-0.25, -0.2) is 0 Å².